The van der Waals surface area contributed by atoms with Crippen LogP contribution in [0, 0.1) is 5.92 Å². The van der Waals surface area contributed by atoms with Gasteiger partial charge in [-0.25, -0.2) is 0 Å². The van der Waals surface area contributed by atoms with E-state index in [0.717, 1.165) is 37.1 Å². The van der Waals surface area contributed by atoms with Gasteiger partial charge in [-0.05, 0) is 25.7 Å². The normalized spacial score (nSPS) is 18.7. The van der Waals surface area contributed by atoms with Gasteiger partial charge in [-0.2, -0.15) is 5.10 Å². The fourth-order valence-electron chi connectivity index (χ4n) is 2.82. The summed E-state index contributed by atoms with van der Waals surface area (Å²) in [7, 11) is 0. The monoisotopic (exact) mass is 275 g/mol. The summed E-state index contributed by atoms with van der Waals surface area (Å²) in [6.45, 7) is 4.13. The number of alkyl halides is 1. The highest BCUT2D eigenvalue weighted by Gasteiger charge is 2.24. The molecule has 19 heavy (non-hydrogen) atoms. The Hall–Kier alpha value is -1.35. The smallest absolute Gasteiger partial charge is 0.159 e. The average Bonchev–Trinajstić information content (AvgIpc) is 2.47. The van der Waals surface area contributed by atoms with Crippen molar-refractivity contribution in [3.8, 4) is 0 Å². The maximum atomic E-state index is 6.20. The molecular formula is C15H18ClN3. The molecule has 3 rings (SSSR count). The molecule has 0 bridgehead atoms. The van der Waals surface area contributed by atoms with Crippen LogP contribution < -0.4 is 4.90 Å². The van der Waals surface area contributed by atoms with E-state index in [2.05, 4.69) is 40.2 Å². The first kappa shape index (κ1) is 12.7. The minimum atomic E-state index is 0.265. The van der Waals surface area contributed by atoms with Gasteiger partial charge in [-0.3, -0.25) is 0 Å². The first-order chi connectivity index (χ1) is 9.25. The van der Waals surface area contributed by atoms with E-state index in [-0.39, 0.29) is 5.38 Å². The van der Waals surface area contributed by atoms with E-state index in [9.17, 15) is 0 Å². The van der Waals surface area contributed by atoms with Gasteiger partial charge in [0.25, 0.3) is 0 Å². The molecule has 1 saturated heterocycles. The van der Waals surface area contributed by atoms with E-state index in [1.54, 1.807) is 0 Å². The summed E-state index contributed by atoms with van der Waals surface area (Å²) < 4.78 is 0. The largest absolute Gasteiger partial charge is 0.355 e. The van der Waals surface area contributed by atoms with Crippen molar-refractivity contribution in [2.75, 3.05) is 18.0 Å². The van der Waals surface area contributed by atoms with Crippen LogP contribution in [-0.2, 0) is 0 Å². The first-order valence-corrected chi connectivity index (χ1v) is 7.29. The number of halogens is 1. The minimum Gasteiger partial charge on any atom is -0.355 e. The van der Waals surface area contributed by atoms with Gasteiger partial charge >= 0.3 is 0 Å². The Morgan fingerprint density at radius 3 is 2.74 bits per heavy atom. The van der Waals surface area contributed by atoms with Crippen molar-refractivity contribution in [2.45, 2.75) is 25.1 Å². The van der Waals surface area contributed by atoms with Crippen molar-refractivity contribution in [1.82, 2.24) is 10.2 Å². The molecule has 0 N–H and O–H groups in total. The van der Waals surface area contributed by atoms with Crippen LogP contribution in [0.4, 0.5) is 5.82 Å². The molecular weight excluding hydrogens is 258 g/mol. The van der Waals surface area contributed by atoms with Gasteiger partial charge in [0.05, 0.1) is 6.20 Å². The Kier molecular flexibility index (Phi) is 3.56. The Morgan fingerprint density at radius 2 is 2.00 bits per heavy atom. The second-order valence-corrected chi connectivity index (χ2v) is 5.95. The standard InChI is InChI=1S/C15H18ClN3/c1-11(16)12-6-8-19(9-7-12)15-14-5-3-2-4-13(14)10-17-18-15/h2-5,10-12H,6-9H2,1H3. The highest BCUT2D eigenvalue weighted by Crippen LogP contribution is 2.29. The zero-order valence-electron chi connectivity index (χ0n) is 11.1. The molecule has 0 aliphatic carbocycles. The molecule has 0 spiro atoms. The molecule has 0 radical (unpaired) electrons. The van der Waals surface area contributed by atoms with E-state index < -0.39 is 0 Å². The topological polar surface area (TPSA) is 29.0 Å². The highest BCUT2D eigenvalue weighted by atomic mass is 35.5. The Labute approximate surface area is 118 Å². The van der Waals surface area contributed by atoms with Gasteiger partial charge < -0.3 is 4.90 Å². The molecule has 1 aliphatic heterocycles. The predicted octanol–water partition coefficient (Wildman–Crippen LogP) is 3.47. The third-order valence-corrected chi connectivity index (χ3v) is 4.40. The summed E-state index contributed by atoms with van der Waals surface area (Å²) in [5, 5.41) is 11.1. The Morgan fingerprint density at radius 1 is 1.26 bits per heavy atom. The molecule has 0 amide bonds. The van der Waals surface area contributed by atoms with E-state index in [1.807, 2.05) is 12.3 Å². The van der Waals surface area contributed by atoms with Crippen LogP contribution in [0.25, 0.3) is 10.8 Å². The van der Waals surface area contributed by atoms with Crippen LogP contribution in [-0.4, -0.2) is 28.7 Å². The molecule has 3 nitrogen and oxygen atoms in total. The molecule has 4 heteroatoms. The number of rotatable bonds is 2. The van der Waals surface area contributed by atoms with Gasteiger partial charge in [0.15, 0.2) is 5.82 Å². The second kappa shape index (κ2) is 5.33. The SMILES string of the molecule is CC(Cl)C1CCN(c2nncc3ccccc23)CC1. The number of hydrogen-bond donors (Lipinski definition) is 0. The van der Waals surface area contributed by atoms with Crippen molar-refractivity contribution < 1.29 is 0 Å². The molecule has 2 aromatic rings. The zero-order valence-corrected chi connectivity index (χ0v) is 11.8. The number of piperidine rings is 1. The molecule has 0 saturated carbocycles. The third-order valence-electron chi connectivity index (χ3n) is 4.04. The summed E-state index contributed by atoms with van der Waals surface area (Å²) in [4.78, 5) is 2.34. The summed E-state index contributed by atoms with van der Waals surface area (Å²) in [5.41, 5.74) is 0. The lowest BCUT2D eigenvalue weighted by Crippen LogP contribution is -2.36. The Balaban J connectivity index is 1.86. The van der Waals surface area contributed by atoms with Crippen LogP contribution in [0.2, 0.25) is 0 Å². The van der Waals surface area contributed by atoms with Crippen LogP contribution in [0.15, 0.2) is 30.5 Å². The molecule has 1 atom stereocenters. The third kappa shape index (κ3) is 2.52. The minimum absolute atomic E-state index is 0.265. The lowest BCUT2D eigenvalue weighted by Gasteiger charge is -2.34. The van der Waals surface area contributed by atoms with Crippen molar-refractivity contribution in [2.24, 2.45) is 5.92 Å². The highest BCUT2D eigenvalue weighted by molar-refractivity contribution is 6.20. The van der Waals surface area contributed by atoms with E-state index in [1.165, 1.54) is 5.39 Å². The summed E-state index contributed by atoms with van der Waals surface area (Å²) in [6, 6.07) is 8.30. The Bertz CT molecular complexity index is 557. The van der Waals surface area contributed by atoms with Gasteiger partial charge in [0.2, 0.25) is 0 Å². The van der Waals surface area contributed by atoms with Crippen molar-refractivity contribution in [3.05, 3.63) is 30.5 Å². The van der Waals surface area contributed by atoms with Crippen molar-refractivity contribution in [1.29, 1.82) is 0 Å². The van der Waals surface area contributed by atoms with E-state index in [4.69, 9.17) is 11.6 Å². The number of fused-ring (bicyclic) bond motifs is 1. The molecule has 1 unspecified atom stereocenters. The fraction of sp³-hybridized carbons (Fsp3) is 0.467. The summed E-state index contributed by atoms with van der Waals surface area (Å²) in [6.07, 6.45) is 4.09. The van der Waals surface area contributed by atoms with Gasteiger partial charge in [0, 0.05) is 29.2 Å². The number of hydrogen-bond acceptors (Lipinski definition) is 3. The lowest BCUT2D eigenvalue weighted by atomic mass is 9.94. The summed E-state index contributed by atoms with van der Waals surface area (Å²) in [5.74, 6) is 1.64. The van der Waals surface area contributed by atoms with E-state index in [0.29, 0.717) is 5.92 Å². The maximum Gasteiger partial charge on any atom is 0.159 e. The van der Waals surface area contributed by atoms with Crippen molar-refractivity contribution >= 4 is 28.2 Å². The number of anilines is 1. The van der Waals surface area contributed by atoms with Crippen LogP contribution in [0.5, 0.6) is 0 Å². The van der Waals surface area contributed by atoms with Crippen LogP contribution in [0.3, 0.4) is 0 Å². The number of nitrogens with zero attached hydrogens (tertiary/aromatic N) is 3. The molecule has 100 valence electrons. The molecule has 1 fully saturated rings. The van der Waals surface area contributed by atoms with Crippen LogP contribution in [0.1, 0.15) is 19.8 Å². The van der Waals surface area contributed by atoms with Gasteiger partial charge in [0.1, 0.15) is 0 Å². The summed E-state index contributed by atoms with van der Waals surface area (Å²) >= 11 is 6.20. The lowest BCUT2D eigenvalue weighted by molar-refractivity contribution is 0.399. The molecule has 2 heterocycles. The maximum absolute atomic E-state index is 6.20. The van der Waals surface area contributed by atoms with Crippen molar-refractivity contribution in [3.63, 3.8) is 0 Å². The molecule has 1 aromatic carbocycles. The first-order valence-electron chi connectivity index (χ1n) is 6.85. The predicted molar refractivity (Wildman–Crippen MR) is 79.8 cm³/mol. The zero-order chi connectivity index (χ0) is 13.2. The number of benzene rings is 1. The van der Waals surface area contributed by atoms with Gasteiger partial charge in [-0.1, -0.05) is 24.3 Å². The molecule has 1 aromatic heterocycles. The fourth-order valence-corrected chi connectivity index (χ4v) is 3.07. The number of aromatic nitrogens is 2. The molecule has 1 aliphatic rings. The van der Waals surface area contributed by atoms with E-state index >= 15 is 0 Å². The average molecular weight is 276 g/mol. The second-order valence-electron chi connectivity index (χ2n) is 5.26. The quantitative estimate of drug-likeness (QED) is 0.786. The van der Waals surface area contributed by atoms with Crippen LogP contribution >= 0.6 is 11.6 Å². The van der Waals surface area contributed by atoms with Gasteiger partial charge in [-0.15, -0.1) is 16.7 Å².